The van der Waals surface area contributed by atoms with Crippen molar-refractivity contribution in [2.45, 2.75) is 0 Å². The molecule has 6 heteroatoms. The number of hydrogen-bond donors (Lipinski definition) is 1. The third-order valence-electron chi connectivity index (χ3n) is 0.815. The number of aliphatic carboxylic acids is 1. The average Bonchev–Trinajstić information content (AvgIpc) is 1.87. The molecule has 0 aromatic heterocycles. The van der Waals surface area contributed by atoms with Gasteiger partial charge in [0.25, 0.3) is 10.1 Å². The van der Waals surface area contributed by atoms with Crippen LogP contribution in [0, 0.1) is 0 Å². The van der Waals surface area contributed by atoms with E-state index in [1.165, 1.54) is 0 Å². The lowest BCUT2D eigenvalue weighted by molar-refractivity contribution is -0.131. The largest absolute Gasteiger partial charge is 0.478 e. The maximum atomic E-state index is 10.5. The predicted octanol–water partition coefficient (Wildman–Crippen LogP) is -0.397. The quantitative estimate of drug-likeness (QED) is 0.470. The number of carbonyl (C=O) groups is 1. The Hall–Kier alpha value is -0.880. The molecule has 5 nitrogen and oxygen atoms in total. The summed E-state index contributed by atoms with van der Waals surface area (Å²) >= 11 is 0. The van der Waals surface area contributed by atoms with Crippen LogP contribution in [0.25, 0.3) is 0 Å². The second kappa shape index (κ2) is 4.09. The molecule has 0 bridgehead atoms. The summed E-state index contributed by atoms with van der Waals surface area (Å²) in [5.74, 6) is -1.60. The molecule has 0 heterocycles. The van der Waals surface area contributed by atoms with E-state index in [2.05, 4.69) is 4.18 Å². The number of hydrogen-bond acceptors (Lipinski definition) is 4. The standard InChI is InChI=1S/C5H8O5S/c1-10-11(8,9)4-2-3-5(6)7/h2-3H,4H2,1H3,(H,6,7). The Labute approximate surface area is 64.4 Å². The summed E-state index contributed by atoms with van der Waals surface area (Å²) in [6.45, 7) is 0. The van der Waals surface area contributed by atoms with E-state index in [4.69, 9.17) is 5.11 Å². The normalized spacial score (nSPS) is 12.1. The van der Waals surface area contributed by atoms with Crippen LogP contribution in [0.5, 0.6) is 0 Å². The van der Waals surface area contributed by atoms with Crippen molar-refractivity contribution in [1.82, 2.24) is 0 Å². The highest BCUT2D eigenvalue weighted by molar-refractivity contribution is 7.86. The Balaban J connectivity index is 3.99. The Morgan fingerprint density at radius 2 is 2.18 bits per heavy atom. The van der Waals surface area contributed by atoms with Gasteiger partial charge >= 0.3 is 5.97 Å². The molecule has 0 spiro atoms. The summed E-state index contributed by atoms with van der Waals surface area (Å²) in [5, 5.41) is 8.06. The van der Waals surface area contributed by atoms with E-state index in [-0.39, 0.29) is 0 Å². The first-order valence-corrected chi connectivity index (χ1v) is 4.23. The van der Waals surface area contributed by atoms with E-state index in [0.717, 1.165) is 19.3 Å². The van der Waals surface area contributed by atoms with Crippen LogP contribution in [0.1, 0.15) is 0 Å². The monoisotopic (exact) mass is 180 g/mol. The zero-order chi connectivity index (χ0) is 8.91. The SMILES string of the molecule is COS(=O)(=O)CC=CC(=O)O. The second-order valence-electron chi connectivity index (χ2n) is 1.63. The smallest absolute Gasteiger partial charge is 0.328 e. The fourth-order valence-electron chi connectivity index (χ4n) is 0.335. The van der Waals surface area contributed by atoms with Crippen LogP contribution in [-0.2, 0) is 19.1 Å². The molecule has 0 aromatic carbocycles. The summed E-state index contributed by atoms with van der Waals surface area (Å²) in [4.78, 5) is 9.85. The fourth-order valence-corrected chi connectivity index (χ4v) is 0.803. The first-order chi connectivity index (χ1) is 4.98. The summed E-state index contributed by atoms with van der Waals surface area (Å²) in [6.07, 6.45) is 1.75. The highest BCUT2D eigenvalue weighted by Gasteiger charge is 2.04. The summed E-state index contributed by atoms with van der Waals surface area (Å²) < 4.78 is 25.1. The van der Waals surface area contributed by atoms with Gasteiger partial charge in [-0.2, -0.15) is 8.42 Å². The van der Waals surface area contributed by atoms with Crippen LogP contribution < -0.4 is 0 Å². The molecule has 0 saturated heterocycles. The lowest BCUT2D eigenvalue weighted by Crippen LogP contribution is -2.05. The Bertz CT molecular complexity index is 250. The van der Waals surface area contributed by atoms with Gasteiger partial charge in [-0.25, -0.2) is 4.79 Å². The molecule has 0 amide bonds. The molecule has 0 rings (SSSR count). The van der Waals surface area contributed by atoms with Crippen molar-refractivity contribution < 1.29 is 22.5 Å². The van der Waals surface area contributed by atoms with Crippen LogP contribution in [-0.4, -0.2) is 32.4 Å². The van der Waals surface area contributed by atoms with E-state index in [1.807, 2.05) is 0 Å². The summed E-state index contributed by atoms with van der Waals surface area (Å²) in [6, 6.07) is 0. The average molecular weight is 180 g/mol. The van der Waals surface area contributed by atoms with Crippen LogP contribution in [0.15, 0.2) is 12.2 Å². The minimum absolute atomic E-state index is 0.421. The third-order valence-corrected chi connectivity index (χ3v) is 1.92. The first-order valence-electron chi connectivity index (χ1n) is 2.65. The van der Waals surface area contributed by atoms with E-state index in [1.54, 1.807) is 0 Å². The van der Waals surface area contributed by atoms with Crippen molar-refractivity contribution in [3.05, 3.63) is 12.2 Å². The van der Waals surface area contributed by atoms with E-state index in [0.29, 0.717) is 0 Å². The minimum Gasteiger partial charge on any atom is -0.478 e. The fraction of sp³-hybridized carbons (Fsp3) is 0.400. The van der Waals surface area contributed by atoms with Crippen molar-refractivity contribution >= 4 is 16.1 Å². The van der Waals surface area contributed by atoms with Gasteiger partial charge < -0.3 is 5.11 Å². The van der Waals surface area contributed by atoms with Crippen LogP contribution in [0.3, 0.4) is 0 Å². The molecule has 64 valence electrons. The van der Waals surface area contributed by atoms with Crippen LogP contribution in [0.2, 0.25) is 0 Å². The lowest BCUT2D eigenvalue weighted by atomic mass is 10.5. The molecule has 0 aliphatic carbocycles. The zero-order valence-corrected chi connectivity index (χ0v) is 6.67. The van der Waals surface area contributed by atoms with Gasteiger partial charge in [0.1, 0.15) is 0 Å². The Kier molecular flexibility index (Phi) is 3.77. The van der Waals surface area contributed by atoms with Crippen molar-refractivity contribution in [1.29, 1.82) is 0 Å². The summed E-state index contributed by atoms with van der Waals surface area (Å²) in [5.41, 5.74) is 0. The molecular weight excluding hydrogens is 172 g/mol. The Morgan fingerprint density at radius 1 is 1.64 bits per heavy atom. The van der Waals surface area contributed by atoms with Gasteiger partial charge in [-0.1, -0.05) is 6.08 Å². The third kappa shape index (κ3) is 5.56. The molecule has 0 aromatic rings. The van der Waals surface area contributed by atoms with Crippen molar-refractivity contribution in [3.63, 3.8) is 0 Å². The molecule has 0 unspecified atom stereocenters. The lowest BCUT2D eigenvalue weighted by Gasteiger charge is -1.93. The van der Waals surface area contributed by atoms with Gasteiger partial charge in [-0.05, 0) is 0 Å². The summed E-state index contributed by atoms with van der Waals surface area (Å²) in [7, 11) is -2.55. The topological polar surface area (TPSA) is 80.7 Å². The van der Waals surface area contributed by atoms with E-state index < -0.39 is 21.8 Å². The predicted molar refractivity (Wildman–Crippen MR) is 37.6 cm³/mol. The van der Waals surface area contributed by atoms with Gasteiger partial charge in [-0.3, -0.25) is 4.18 Å². The van der Waals surface area contributed by atoms with Gasteiger partial charge in [0.15, 0.2) is 0 Å². The number of carboxylic acid groups (broad SMARTS) is 1. The van der Waals surface area contributed by atoms with E-state index >= 15 is 0 Å². The first kappa shape index (κ1) is 10.1. The van der Waals surface area contributed by atoms with Crippen molar-refractivity contribution in [2.75, 3.05) is 12.9 Å². The zero-order valence-electron chi connectivity index (χ0n) is 5.85. The van der Waals surface area contributed by atoms with Gasteiger partial charge in [0.05, 0.1) is 12.9 Å². The van der Waals surface area contributed by atoms with Gasteiger partial charge in [0, 0.05) is 6.08 Å². The molecule has 0 atom stereocenters. The maximum absolute atomic E-state index is 10.5. The van der Waals surface area contributed by atoms with Gasteiger partial charge in [-0.15, -0.1) is 0 Å². The number of rotatable bonds is 4. The minimum atomic E-state index is -3.57. The molecule has 0 aliphatic rings. The molecule has 0 saturated carbocycles. The highest BCUT2D eigenvalue weighted by Crippen LogP contribution is 1.90. The van der Waals surface area contributed by atoms with Gasteiger partial charge in [0.2, 0.25) is 0 Å². The van der Waals surface area contributed by atoms with E-state index in [9.17, 15) is 13.2 Å². The van der Waals surface area contributed by atoms with Crippen molar-refractivity contribution in [3.8, 4) is 0 Å². The molecule has 0 radical (unpaired) electrons. The maximum Gasteiger partial charge on any atom is 0.328 e. The molecule has 1 N–H and O–H groups in total. The molecular formula is C5H8O5S. The molecule has 11 heavy (non-hydrogen) atoms. The second-order valence-corrected chi connectivity index (χ2v) is 3.41. The van der Waals surface area contributed by atoms with Crippen LogP contribution in [0.4, 0.5) is 0 Å². The number of carboxylic acids is 1. The van der Waals surface area contributed by atoms with Crippen molar-refractivity contribution in [2.24, 2.45) is 0 Å². The van der Waals surface area contributed by atoms with Crippen LogP contribution >= 0.6 is 0 Å². The Morgan fingerprint density at radius 3 is 2.55 bits per heavy atom. The highest BCUT2D eigenvalue weighted by atomic mass is 32.2. The molecule has 0 fully saturated rings. The molecule has 0 aliphatic heterocycles.